The van der Waals surface area contributed by atoms with Crippen LogP contribution in [-0.4, -0.2) is 26.4 Å². The number of hydrogen-bond donors (Lipinski definition) is 1. The van der Waals surface area contributed by atoms with Gasteiger partial charge in [-0.25, -0.2) is 8.78 Å². The predicted octanol–water partition coefficient (Wildman–Crippen LogP) is 5.23. The second-order valence-corrected chi connectivity index (χ2v) is 8.23. The molecule has 0 aliphatic heterocycles. The molecule has 168 valence electrons. The fourth-order valence-corrected chi connectivity index (χ4v) is 3.93. The summed E-state index contributed by atoms with van der Waals surface area (Å²) in [7, 11) is 0. The lowest BCUT2D eigenvalue weighted by molar-refractivity contribution is -0.113. The van der Waals surface area contributed by atoms with Crippen LogP contribution < -0.4 is 10.1 Å². The fourth-order valence-electron chi connectivity index (χ4n) is 3.17. The van der Waals surface area contributed by atoms with Gasteiger partial charge in [0.2, 0.25) is 5.91 Å². The smallest absolute Gasteiger partial charge is 0.234 e. The summed E-state index contributed by atoms with van der Waals surface area (Å²) in [5.74, 6) is -0.697. The molecule has 1 heterocycles. The third kappa shape index (κ3) is 5.94. The third-order valence-electron chi connectivity index (χ3n) is 4.47. The van der Waals surface area contributed by atoms with Gasteiger partial charge >= 0.3 is 0 Å². The molecule has 0 aliphatic rings. The lowest BCUT2D eigenvalue weighted by Crippen LogP contribution is -2.16. The monoisotopic (exact) mass is 458 g/mol. The largest absolute Gasteiger partial charge is 0.483 e. The van der Waals surface area contributed by atoms with Gasteiger partial charge in [0.15, 0.2) is 17.1 Å². The van der Waals surface area contributed by atoms with Crippen molar-refractivity contribution in [1.82, 2.24) is 14.8 Å². The molecule has 0 spiro atoms. The van der Waals surface area contributed by atoms with Crippen LogP contribution in [0, 0.1) is 25.5 Å². The topological polar surface area (TPSA) is 69.0 Å². The van der Waals surface area contributed by atoms with E-state index in [4.69, 9.17) is 4.74 Å². The Morgan fingerprint density at radius 2 is 1.94 bits per heavy atom. The van der Waals surface area contributed by atoms with E-state index in [2.05, 4.69) is 28.2 Å². The first-order valence-electron chi connectivity index (χ1n) is 9.93. The maximum Gasteiger partial charge on any atom is 0.234 e. The van der Waals surface area contributed by atoms with Crippen molar-refractivity contribution in [3.8, 4) is 5.75 Å². The summed E-state index contributed by atoms with van der Waals surface area (Å²) < 4.78 is 34.7. The molecule has 6 nitrogen and oxygen atoms in total. The highest BCUT2D eigenvalue weighted by atomic mass is 32.2. The van der Waals surface area contributed by atoms with E-state index < -0.39 is 17.5 Å². The van der Waals surface area contributed by atoms with Crippen LogP contribution in [0.1, 0.15) is 30.0 Å². The Labute approximate surface area is 189 Å². The number of anilines is 1. The number of benzene rings is 2. The van der Waals surface area contributed by atoms with E-state index in [1.54, 1.807) is 6.08 Å². The Morgan fingerprint density at radius 3 is 2.59 bits per heavy atom. The van der Waals surface area contributed by atoms with Crippen LogP contribution in [0.3, 0.4) is 0 Å². The number of carbonyl (C=O) groups excluding carboxylic acids is 1. The SMILES string of the molecule is C=CCn1c(SCC(=O)Nc2ccc(F)cc2F)nnc1C(C)Oc1cc(C)cc(C)c1. The van der Waals surface area contributed by atoms with Crippen molar-refractivity contribution in [3.63, 3.8) is 0 Å². The van der Waals surface area contributed by atoms with Gasteiger partial charge in [-0.3, -0.25) is 9.36 Å². The number of aryl methyl sites for hydroxylation is 2. The number of ether oxygens (including phenoxy) is 1. The van der Waals surface area contributed by atoms with E-state index in [-0.39, 0.29) is 17.5 Å². The molecule has 2 aromatic carbocycles. The minimum atomic E-state index is -0.835. The maximum atomic E-state index is 13.7. The average molecular weight is 459 g/mol. The molecular formula is C23H24F2N4O2S. The lowest BCUT2D eigenvalue weighted by Gasteiger charge is -2.16. The van der Waals surface area contributed by atoms with Gasteiger partial charge in [-0.05, 0) is 56.2 Å². The van der Waals surface area contributed by atoms with E-state index in [0.717, 1.165) is 34.7 Å². The molecule has 0 aliphatic carbocycles. The lowest BCUT2D eigenvalue weighted by atomic mass is 10.1. The van der Waals surface area contributed by atoms with Gasteiger partial charge in [0, 0.05) is 12.6 Å². The Morgan fingerprint density at radius 1 is 1.22 bits per heavy atom. The molecule has 3 rings (SSSR count). The average Bonchev–Trinajstić information content (AvgIpc) is 3.11. The van der Waals surface area contributed by atoms with E-state index in [0.29, 0.717) is 23.6 Å². The normalized spacial score (nSPS) is 11.8. The number of amides is 1. The molecule has 3 aromatic rings. The van der Waals surface area contributed by atoms with Gasteiger partial charge in [0.25, 0.3) is 0 Å². The first-order chi connectivity index (χ1) is 15.3. The molecule has 1 atom stereocenters. The van der Waals surface area contributed by atoms with Crippen molar-refractivity contribution in [2.75, 3.05) is 11.1 Å². The third-order valence-corrected chi connectivity index (χ3v) is 5.43. The van der Waals surface area contributed by atoms with Crippen molar-refractivity contribution in [1.29, 1.82) is 0 Å². The van der Waals surface area contributed by atoms with Crippen molar-refractivity contribution >= 4 is 23.4 Å². The summed E-state index contributed by atoms with van der Waals surface area (Å²) in [5, 5.41) is 11.4. The molecule has 1 unspecified atom stereocenters. The van der Waals surface area contributed by atoms with Gasteiger partial charge in [-0.2, -0.15) is 0 Å². The summed E-state index contributed by atoms with van der Waals surface area (Å²) in [5.41, 5.74) is 2.11. The van der Waals surface area contributed by atoms with Crippen LogP contribution in [0.2, 0.25) is 0 Å². The molecule has 1 amide bonds. The van der Waals surface area contributed by atoms with Crippen molar-refractivity contribution < 1.29 is 18.3 Å². The first-order valence-corrected chi connectivity index (χ1v) is 10.9. The van der Waals surface area contributed by atoms with Gasteiger partial charge in [-0.15, -0.1) is 16.8 Å². The van der Waals surface area contributed by atoms with E-state index in [1.807, 2.05) is 37.5 Å². The number of allylic oxidation sites excluding steroid dienone is 1. The maximum absolute atomic E-state index is 13.7. The van der Waals surface area contributed by atoms with Crippen LogP contribution in [0.15, 0.2) is 54.2 Å². The summed E-state index contributed by atoms with van der Waals surface area (Å²) >= 11 is 1.15. The Kier molecular flexibility index (Phi) is 7.63. The van der Waals surface area contributed by atoms with Crippen molar-refractivity contribution in [2.24, 2.45) is 0 Å². The van der Waals surface area contributed by atoms with Crippen molar-refractivity contribution in [3.05, 3.63) is 77.6 Å². The van der Waals surface area contributed by atoms with E-state index in [1.165, 1.54) is 6.07 Å². The second-order valence-electron chi connectivity index (χ2n) is 7.28. The van der Waals surface area contributed by atoms with Crippen molar-refractivity contribution in [2.45, 2.75) is 38.6 Å². The Bertz CT molecular complexity index is 1110. The van der Waals surface area contributed by atoms with Crippen LogP contribution in [0.25, 0.3) is 0 Å². The molecule has 0 bridgehead atoms. The summed E-state index contributed by atoms with van der Waals surface area (Å²) in [6.45, 7) is 10.1. The fraction of sp³-hybridized carbons (Fsp3) is 0.261. The van der Waals surface area contributed by atoms with Crippen LogP contribution in [0.5, 0.6) is 5.75 Å². The van der Waals surface area contributed by atoms with E-state index in [9.17, 15) is 13.6 Å². The predicted molar refractivity (Wildman–Crippen MR) is 121 cm³/mol. The number of rotatable bonds is 9. The number of carbonyl (C=O) groups is 1. The van der Waals surface area contributed by atoms with Gasteiger partial charge in [-0.1, -0.05) is 23.9 Å². The van der Waals surface area contributed by atoms with Gasteiger partial charge in [0.05, 0.1) is 11.4 Å². The molecular weight excluding hydrogens is 434 g/mol. The van der Waals surface area contributed by atoms with E-state index >= 15 is 0 Å². The molecule has 32 heavy (non-hydrogen) atoms. The highest BCUT2D eigenvalue weighted by molar-refractivity contribution is 7.99. The number of thioether (sulfide) groups is 1. The molecule has 1 aromatic heterocycles. The Balaban J connectivity index is 1.69. The minimum Gasteiger partial charge on any atom is -0.483 e. The zero-order chi connectivity index (χ0) is 23.3. The standard InChI is InChI=1S/C23H24F2N4O2S/c1-5-8-29-22(16(4)31-18-10-14(2)9-15(3)11-18)27-28-23(29)32-13-21(30)26-20-7-6-17(24)12-19(20)25/h5-7,9-12,16H,1,8,13H2,2-4H3,(H,26,30). The minimum absolute atomic E-state index is 0.0294. The molecule has 1 N–H and O–H groups in total. The Hall–Kier alpha value is -3.20. The summed E-state index contributed by atoms with van der Waals surface area (Å²) in [6, 6.07) is 8.94. The number of aromatic nitrogens is 3. The van der Waals surface area contributed by atoms with Crippen LogP contribution in [0.4, 0.5) is 14.5 Å². The molecule has 0 saturated carbocycles. The highest BCUT2D eigenvalue weighted by Gasteiger charge is 2.20. The molecule has 9 heteroatoms. The quantitative estimate of drug-likeness (QED) is 0.351. The number of hydrogen-bond acceptors (Lipinski definition) is 5. The second kappa shape index (κ2) is 10.4. The molecule has 0 fully saturated rings. The van der Waals surface area contributed by atoms with Crippen LogP contribution in [-0.2, 0) is 11.3 Å². The number of nitrogens with zero attached hydrogens (tertiary/aromatic N) is 3. The zero-order valence-electron chi connectivity index (χ0n) is 18.1. The number of nitrogens with one attached hydrogen (secondary N) is 1. The summed E-state index contributed by atoms with van der Waals surface area (Å²) in [6.07, 6.45) is 1.31. The first kappa shape index (κ1) is 23.5. The van der Waals surface area contributed by atoms with Gasteiger partial charge in [0.1, 0.15) is 17.4 Å². The molecule has 0 saturated heterocycles. The zero-order valence-corrected chi connectivity index (χ0v) is 18.9. The van der Waals surface area contributed by atoms with Gasteiger partial charge < -0.3 is 10.1 Å². The number of halogens is 2. The highest BCUT2D eigenvalue weighted by Crippen LogP contribution is 2.26. The van der Waals surface area contributed by atoms with Crippen LogP contribution >= 0.6 is 11.8 Å². The molecule has 0 radical (unpaired) electrons. The summed E-state index contributed by atoms with van der Waals surface area (Å²) in [4.78, 5) is 12.2.